The number of thioether (sulfide) groups is 1. The van der Waals surface area contributed by atoms with Gasteiger partial charge in [-0.2, -0.15) is 0 Å². The Balaban J connectivity index is 1.54. The SMILES string of the molecule is COc1cccc(C2/C(=C(/O)c3ccc(Br)cc3)C(=O)C(=O)N2c2nnc(SCc3ccc(C)cc3)s2)c1. The van der Waals surface area contributed by atoms with Gasteiger partial charge in [-0.1, -0.05) is 93.1 Å². The molecule has 38 heavy (non-hydrogen) atoms. The second-order valence-electron chi connectivity index (χ2n) is 8.58. The molecular weight excluding hydrogens is 586 g/mol. The van der Waals surface area contributed by atoms with Crippen LogP contribution in [0.15, 0.2) is 87.2 Å². The number of aliphatic hydroxyl groups is 1. The van der Waals surface area contributed by atoms with Crippen molar-refractivity contribution in [3.8, 4) is 5.75 Å². The minimum Gasteiger partial charge on any atom is -0.507 e. The summed E-state index contributed by atoms with van der Waals surface area (Å²) < 4.78 is 6.88. The highest BCUT2D eigenvalue weighted by Crippen LogP contribution is 2.44. The van der Waals surface area contributed by atoms with Crippen molar-refractivity contribution in [1.29, 1.82) is 0 Å². The van der Waals surface area contributed by atoms with Gasteiger partial charge in [0.25, 0.3) is 5.78 Å². The van der Waals surface area contributed by atoms with Crippen molar-refractivity contribution in [2.24, 2.45) is 0 Å². The summed E-state index contributed by atoms with van der Waals surface area (Å²) in [7, 11) is 1.54. The van der Waals surface area contributed by atoms with Gasteiger partial charge in [-0.15, -0.1) is 10.2 Å². The van der Waals surface area contributed by atoms with E-state index in [0.29, 0.717) is 27.0 Å². The van der Waals surface area contributed by atoms with Crippen molar-refractivity contribution in [3.63, 3.8) is 0 Å². The molecule has 7 nitrogen and oxygen atoms in total. The van der Waals surface area contributed by atoms with Gasteiger partial charge in [0.1, 0.15) is 11.5 Å². The predicted octanol–water partition coefficient (Wildman–Crippen LogP) is 6.54. The van der Waals surface area contributed by atoms with E-state index in [-0.39, 0.29) is 16.5 Å². The van der Waals surface area contributed by atoms with Crippen LogP contribution in [-0.4, -0.2) is 34.1 Å². The van der Waals surface area contributed by atoms with Gasteiger partial charge in [0.2, 0.25) is 5.13 Å². The van der Waals surface area contributed by atoms with E-state index in [4.69, 9.17) is 4.74 Å². The van der Waals surface area contributed by atoms with Crippen LogP contribution in [0.2, 0.25) is 0 Å². The number of hydrogen-bond acceptors (Lipinski definition) is 8. The average molecular weight is 609 g/mol. The Kier molecular flexibility index (Phi) is 7.64. The first kappa shape index (κ1) is 26.1. The van der Waals surface area contributed by atoms with E-state index < -0.39 is 17.7 Å². The van der Waals surface area contributed by atoms with Crippen LogP contribution in [0.5, 0.6) is 5.75 Å². The van der Waals surface area contributed by atoms with Crippen LogP contribution in [0.1, 0.15) is 28.3 Å². The van der Waals surface area contributed by atoms with E-state index in [0.717, 1.165) is 10.0 Å². The number of carbonyl (C=O) groups is 2. The molecule has 1 unspecified atom stereocenters. The highest BCUT2D eigenvalue weighted by atomic mass is 79.9. The highest BCUT2D eigenvalue weighted by Gasteiger charge is 2.48. The number of ether oxygens (including phenoxy) is 1. The molecule has 1 aromatic heterocycles. The topological polar surface area (TPSA) is 92.6 Å². The largest absolute Gasteiger partial charge is 0.507 e. The Hall–Kier alpha value is -3.47. The smallest absolute Gasteiger partial charge is 0.301 e. The van der Waals surface area contributed by atoms with Gasteiger partial charge in [0.15, 0.2) is 4.34 Å². The number of halogens is 1. The normalized spacial score (nSPS) is 16.7. The monoisotopic (exact) mass is 607 g/mol. The molecule has 0 saturated carbocycles. The van der Waals surface area contributed by atoms with Gasteiger partial charge in [-0.25, -0.2) is 0 Å². The minimum atomic E-state index is -0.906. The molecule has 1 aliphatic heterocycles. The summed E-state index contributed by atoms with van der Waals surface area (Å²) in [5, 5.41) is 20.1. The number of rotatable bonds is 7. The number of hydrogen-bond donors (Lipinski definition) is 1. The molecule has 5 rings (SSSR count). The average Bonchev–Trinajstić information content (AvgIpc) is 3.50. The fraction of sp³-hybridized carbons (Fsp3) is 0.143. The number of carbonyl (C=O) groups excluding carboxylic acids is 2. The first-order chi connectivity index (χ1) is 18.4. The lowest BCUT2D eigenvalue weighted by Gasteiger charge is -2.22. The molecule has 2 heterocycles. The first-order valence-corrected chi connectivity index (χ1v) is 14.2. The number of nitrogens with zero attached hydrogens (tertiary/aromatic N) is 3. The maximum atomic E-state index is 13.4. The van der Waals surface area contributed by atoms with Gasteiger partial charge in [-0.05, 0) is 42.3 Å². The van der Waals surface area contributed by atoms with Crippen LogP contribution in [-0.2, 0) is 15.3 Å². The summed E-state index contributed by atoms with van der Waals surface area (Å²) in [4.78, 5) is 28.1. The molecular formula is C28H22BrN3O4S2. The second kappa shape index (κ2) is 11.1. The van der Waals surface area contributed by atoms with Crippen LogP contribution in [0, 0.1) is 6.92 Å². The molecule has 1 amide bonds. The maximum Gasteiger partial charge on any atom is 0.301 e. The zero-order valence-electron chi connectivity index (χ0n) is 20.4. The highest BCUT2D eigenvalue weighted by molar-refractivity contribution is 9.10. The van der Waals surface area contributed by atoms with Crippen LogP contribution in [0.25, 0.3) is 5.76 Å². The quantitative estimate of drug-likeness (QED) is 0.0838. The molecule has 1 N–H and O–H groups in total. The number of Topliss-reactive ketones (excluding diaryl/α,β-unsaturated/α-hetero) is 1. The fourth-order valence-electron chi connectivity index (χ4n) is 4.11. The molecule has 192 valence electrons. The third kappa shape index (κ3) is 5.24. The minimum absolute atomic E-state index is 0.0189. The lowest BCUT2D eigenvalue weighted by atomic mass is 9.95. The molecule has 0 bridgehead atoms. The number of methoxy groups -OCH3 is 1. The first-order valence-electron chi connectivity index (χ1n) is 11.6. The van der Waals surface area contributed by atoms with Crippen molar-refractivity contribution in [2.45, 2.75) is 23.1 Å². The number of anilines is 1. The van der Waals surface area contributed by atoms with Gasteiger partial charge in [0.05, 0.1) is 18.7 Å². The number of aliphatic hydroxyl groups excluding tert-OH is 1. The molecule has 1 fully saturated rings. The van der Waals surface area contributed by atoms with Gasteiger partial charge >= 0.3 is 5.91 Å². The number of amides is 1. The molecule has 0 spiro atoms. The van der Waals surface area contributed by atoms with Gasteiger partial charge in [-0.3, -0.25) is 14.5 Å². The summed E-state index contributed by atoms with van der Waals surface area (Å²) in [6.45, 7) is 2.04. The van der Waals surface area contributed by atoms with E-state index in [1.807, 2.05) is 6.92 Å². The molecule has 1 atom stereocenters. The zero-order valence-corrected chi connectivity index (χ0v) is 23.6. The summed E-state index contributed by atoms with van der Waals surface area (Å²) >= 11 is 6.12. The number of aromatic nitrogens is 2. The van der Waals surface area contributed by atoms with Crippen molar-refractivity contribution < 1.29 is 19.4 Å². The molecule has 10 heteroatoms. The summed E-state index contributed by atoms with van der Waals surface area (Å²) in [6, 6.07) is 21.3. The van der Waals surface area contributed by atoms with Gasteiger partial charge < -0.3 is 9.84 Å². The third-order valence-corrected chi connectivity index (χ3v) is 8.71. The Morgan fingerprint density at radius 2 is 1.82 bits per heavy atom. The number of aryl methyl sites for hydroxylation is 1. The standard InChI is InChI=1S/C28H22BrN3O4S2/c1-16-6-8-17(9-7-16)15-37-28-31-30-27(38-28)32-23(19-4-3-5-21(14-19)36-2)22(25(34)26(32)35)24(33)18-10-12-20(29)13-11-18/h3-14,23,33H,15H2,1-2H3/b24-22-. The maximum absolute atomic E-state index is 13.4. The van der Waals surface area contributed by atoms with E-state index in [2.05, 4.69) is 50.4 Å². The Morgan fingerprint density at radius 1 is 1.08 bits per heavy atom. The Morgan fingerprint density at radius 3 is 2.53 bits per heavy atom. The van der Waals surface area contributed by atoms with Crippen molar-refractivity contribution in [1.82, 2.24) is 10.2 Å². The summed E-state index contributed by atoms with van der Waals surface area (Å²) in [6.07, 6.45) is 0. The van der Waals surface area contributed by atoms with Crippen LogP contribution in [0.4, 0.5) is 5.13 Å². The third-order valence-electron chi connectivity index (χ3n) is 6.06. The van der Waals surface area contributed by atoms with Crippen molar-refractivity contribution in [3.05, 3.63) is 105 Å². The number of benzene rings is 3. The van der Waals surface area contributed by atoms with Crippen molar-refractivity contribution >= 4 is 61.6 Å². The van der Waals surface area contributed by atoms with Crippen molar-refractivity contribution in [2.75, 3.05) is 12.0 Å². The zero-order chi connectivity index (χ0) is 26.8. The number of ketones is 1. The predicted molar refractivity (Wildman–Crippen MR) is 153 cm³/mol. The molecule has 0 radical (unpaired) electrons. The second-order valence-corrected chi connectivity index (χ2v) is 11.7. The Bertz CT molecular complexity index is 1530. The summed E-state index contributed by atoms with van der Waals surface area (Å²) in [5.74, 6) is -0.575. The van der Waals surface area contributed by atoms with Crippen LogP contribution >= 0.6 is 39.0 Å². The molecule has 0 aliphatic carbocycles. The van der Waals surface area contributed by atoms with Gasteiger partial charge in [0, 0.05) is 15.8 Å². The fourth-order valence-corrected chi connectivity index (χ4v) is 6.20. The van der Waals surface area contributed by atoms with E-state index in [1.54, 1.807) is 55.6 Å². The van der Waals surface area contributed by atoms with E-state index >= 15 is 0 Å². The van der Waals surface area contributed by atoms with Crippen LogP contribution < -0.4 is 9.64 Å². The molecule has 3 aromatic carbocycles. The van der Waals surface area contributed by atoms with E-state index in [1.165, 1.54) is 33.6 Å². The molecule has 1 aliphatic rings. The molecule has 4 aromatic rings. The lowest BCUT2D eigenvalue weighted by molar-refractivity contribution is -0.132. The van der Waals surface area contributed by atoms with E-state index in [9.17, 15) is 14.7 Å². The van der Waals surface area contributed by atoms with Crippen LogP contribution in [0.3, 0.4) is 0 Å². The summed E-state index contributed by atoms with van der Waals surface area (Å²) in [5.41, 5.74) is 3.34. The lowest BCUT2D eigenvalue weighted by Crippen LogP contribution is -2.29. The Labute approximate surface area is 236 Å². The molecule has 1 saturated heterocycles.